The molecule has 3 aromatic rings. The quantitative estimate of drug-likeness (QED) is 0.703. The Morgan fingerprint density at radius 2 is 2.07 bits per heavy atom. The first-order valence-corrected chi connectivity index (χ1v) is 9.76. The summed E-state index contributed by atoms with van der Waals surface area (Å²) >= 11 is 1.66. The molecule has 1 saturated heterocycles. The van der Waals surface area contributed by atoms with Gasteiger partial charge >= 0.3 is 0 Å². The second-order valence-electron chi connectivity index (χ2n) is 6.67. The molecular weight excluding hydrogens is 368 g/mol. The Morgan fingerprint density at radius 1 is 1.22 bits per heavy atom. The highest BCUT2D eigenvalue weighted by Crippen LogP contribution is 2.35. The van der Waals surface area contributed by atoms with E-state index in [4.69, 9.17) is 4.98 Å². The number of anilines is 1. The van der Waals surface area contributed by atoms with Crippen LogP contribution in [0.1, 0.15) is 30.3 Å². The Bertz CT molecular complexity index is 942. The summed E-state index contributed by atoms with van der Waals surface area (Å²) in [5, 5.41) is 3.55. The largest absolute Gasteiger partial charge is 0.322 e. The molecular formula is C20H19F2N3OS. The van der Waals surface area contributed by atoms with Gasteiger partial charge in [0.2, 0.25) is 5.91 Å². The number of nitrogens with zero attached hydrogens (tertiary/aromatic N) is 2. The number of amides is 1. The lowest BCUT2D eigenvalue weighted by Crippen LogP contribution is -2.39. The number of halogens is 2. The molecule has 0 aliphatic carbocycles. The van der Waals surface area contributed by atoms with E-state index in [0.717, 1.165) is 53.2 Å². The van der Waals surface area contributed by atoms with E-state index in [-0.39, 0.29) is 24.2 Å². The third-order valence-corrected chi connectivity index (χ3v) is 5.90. The molecule has 1 aromatic heterocycles. The number of para-hydroxylation sites is 1. The molecule has 2 heterocycles. The summed E-state index contributed by atoms with van der Waals surface area (Å²) in [4.78, 5) is 19.3. The van der Waals surface area contributed by atoms with Crippen molar-refractivity contribution in [2.75, 3.05) is 18.4 Å². The second kappa shape index (κ2) is 7.70. The Morgan fingerprint density at radius 3 is 2.89 bits per heavy atom. The standard InChI is InChI=1S/C20H19F2N3OS/c21-13-8-9-15(14(22)11-13)23-19(26)12-25-10-4-3-6-17(25)20-24-16-5-1-2-7-18(16)27-20/h1-2,5,7-9,11,17H,3-4,6,10,12H2,(H,23,26)/t17-/m0/s1. The summed E-state index contributed by atoms with van der Waals surface area (Å²) in [5.74, 6) is -1.75. The van der Waals surface area contributed by atoms with Gasteiger partial charge in [-0.25, -0.2) is 13.8 Å². The number of piperidine rings is 1. The lowest BCUT2D eigenvalue weighted by Gasteiger charge is -2.33. The van der Waals surface area contributed by atoms with Gasteiger partial charge in [0.25, 0.3) is 0 Å². The normalized spacial score (nSPS) is 17.9. The summed E-state index contributed by atoms with van der Waals surface area (Å²) in [5.41, 5.74) is 0.968. The molecule has 0 radical (unpaired) electrons. The van der Waals surface area contributed by atoms with Crippen molar-refractivity contribution in [2.24, 2.45) is 0 Å². The van der Waals surface area contributed by atoms with E-state index in [1.54, 1.807) is 11.3 Å². The van der Waals surface area contributed by atoms with Crippen LogP contribution < -0.4 is 5.32 Å². The van der Waals surface area contributed by atoms with Gasteiger partial charge < -0.3 is 5.32 Å². The molecule has 27 heavy (non-hydrogen) atoms. The van der Waals surface area contributed by atoms with Crippen LogP contribution in [0.4, 0.5) is 14.5 Å². The van der Waals surface area contributed by atoms with Crippen molar-refractivity contribution in [3.05, 3.63) is 59.1 Å². The molecule has 1 amide bonds. The molecule has 7 heteroatoms. The molecule has 2 aromatic carbocycles. The number of rotatable bonds is 4. The summed E-state index contributed by atoms with van der Waals surface area (Å²) in [6.45, 7) is 0.942. The van der Waals surface area contributed by atoms with Gasteiger partial charge in [-0.05, 0) is 43.7 Å². The maximum atomic E-state index is 13.8. The van der Waals surface area contributed by atoms with Gasteiger partial charge in [0.1, 0.15) is 16.6 Å². The van der Waals surface area contributed by atoms with Gasteiger partial charge in [-0.2, -0.15) is 0 Å². The molecule has 1 atom stereocenters. The highest BCUT2D eigenvalue weighted by molar-refractivity contribution is 7.18. The molecule has 1 N–H and O–H groups in total. The maximum Gasteiger partial charge on any atom is 0.238 e. The molecule has 1 aliphatic heterocycles. The van der Waals surface area contributed by atoms with E-state index in [1.165, 1.54) is 6.07 Å². The number of hydrogen-bond donors (Lipinski definition) is 1. The fourth-order valence-corrected chi connectivity index (χ4v) is 4.59. The Hall–Kier alpha value is -2.38. The number of carbonyl (C=O) groups is 1. The zero-order valence-electron chi connectivity index (χ0n) is 14.6. The summed E-state index contributed by atoms with van der Waals surface area (Å²) in [7, 11) is 0. The Balaban J connectivity index is 1.49. The third kappa shape index (κ3) is 3.99. The molecule has 1 fully saturated rings. The maximum absolute atomic E-state index is 13.8. The number of thiazole rings is 1. The van der Waals surface area contributed by atoms with Crippen LogP contribution in [0.3, 0.4) is 0 Å². The van der Waals surface area contributed by atoms with E-state index >= 15 is 0 Å². The number of hydrogen-bond acceptors (Lipinski definition) is 4. The van der Waals surface area contributed by atoms with Crippen molar-refractivity contribution in [3.8, 4) is 0 Å². The first kappa shape index (κ1) is 18.0. The SMILES string of the molecule is O=C(CN1CCCC[C@H]1c1nc2ccccc2s1)Nc1ccc(F)cc1F. The van der Waals surface area contributed by atoms with Crippen LogP contribution in [0, 0.1) is 11.6 Å². The first-order chi connectivity index (χ1) is 13.1. The van der Waals surface area contributed by atoms with Crippen molar-refractivity contribution in [1.82, 2.24) is 9.88 Å². The molecule has 1 aliphatic rings. The van der Waals surface area contributed by atoms with E-state index in [1.807, 2.05) is 24.3 Å². The van der Waals surface area contributed by atoms with Crippen molar-refractivity contribution in [3.63, 3.8) is 0 Å². The van der Waals surface area contributed by atoms with E-state index in [0.29, 0.717) is 0 Å². The fraction of sp³-hybridized carbons (Fsp3) is 0.300. The molecule has 0 unspecified atom stereocenters. The number of benzene rings is 2. The van der Waals surface area contributed by atoms with Gasteiger partial charge in [-0.3, -0.25) is 9.69 Å². The van der Waals surface area contributed by atoms with Crippen LogP contribution in [0.5, 0.6) is 0 Å². The van der Waals surface area contributed by atoms with Crippen molar-refractivity contribution < 1.29 is 13.6 Å². The number of fused-ring (bicyclic) bond motifs is 1. The molecule has 0 bridgehead atoms. The van der Waals surface area contributed by atoms with Gasteiger partial charge in [-0.15, -0.1) is 11.3 Å². The molecule has 0 saturated carbocycles. The predicted octanol–water partition coefficient (Wildman–Crippen LogP) is 4.74. The zero-order valence-corrected chi connectivity index (χ0v) is 15.4. The number of likely N-dealkylation sites (tertiary alicyclic amines) is 1. The number of nitrogens with one attached hydrogen (secondary N) is 1. The van der Waals surface area contributed by atoms with Gasteiger partial charge in [-0.1, -0.05) is 18.6 Å². The summed E-state index contributed by atoms with van der Waals surface area (Å²) in [6, 6.07) is 11.2. The van der Waals surface area contributed by atoms with E-state index in [9.17, 15) is 13.6 Å². The topological polar surface area (TPSA) is 45.2 Å². The molecule has 4 nitrogen and oxygen atoms in total. The average molecular weight is 387 g/mol. The van der Waals surface area contributed by atoms with Crippen LogP contribution in [0.2, 0.25) is 0 Å². The second-order valence-corrected chi connectivity index (χ2v) is 7.74. The molecule has 4 rings (SSSR count). The molecule has 140 valence electrons. The van der Waals surface area contributed by atoms with Crippen LogP contribution in [0.25, 0.3) is 10.2 Å². The van der Waals surface area contributed by atoms with Crippen molar-refractivity contribution in [1.29, 1.82) is 0 Å². The number of aromatic nitrogens is 1. The Kier molecular flexibility index (Phi) is 5.13. The highest BCUT2D eigenvalue weighted by atomic mass is 32.1. The fourth-order valence-electron chi connectivity index (χ4n) is 3.46. The predicted molar refractivity (Wildman–Crippen MR) is 103 cm³/mol. The zero-order chi connectivity index (χ0) is 18.8. The van der Waals surface area contributed by atoms with Gasteiger partial charge in [0, 0.05) is 6.07 Å². The van der Waals surface area contributed by atoms with Gasteiger partial charge in [0.15, 0.2) is 0 Å². The van der Waals surface area contributed by atoms with Crippen LogP contribution in [0.15, 0.2) is 42.5 Å². The Labute approximate surface area is 159 Å². The van der Waals surface area contributed by atoms with Crippen LogP contribution in [-0.4, -0.2) is 28.9 Å². The molecule has 0 spiro atoms. The average Bonchev–Trinajstić information content (AvgIpc) is 3.08. The summed E-state index contributed by atoms with van der Waals surface area (Å²) < 4.78 is 27.9. The monoisotopic (exact) mass is 387 g/mol. The third-order valence-electron chi connectivity index (χ3n) is 4.76. The van der Waals surface area contributed by atoms with E-state index in [2.05, 4.69) is 10.2 Å². The minimum atomic E-state index is -0.773. The van der Waals surface area contributed by atoms with Gasteiger partial charge in [0.05, 0.1) is 28.5 Å². The first-order valence-electron chi connectivity index (χ1n) is 8.94. The minimum absolute atomic E-state index is 0.00468. The smallest absolute Gasteiger partial charge is 0.238 e. The lowest BCUT2D eigenvalue weighted by molar-refractivity contribution is -0.118. The lowest BCUT2D eigenvalue weighted by atomic mass is 10.0. The van der Waals surface area contributed by atoms with Crippen molar-refractivity contribution >= 4 is 33.1 Å². The van der Waals surface area contributed by atoms with Crippen molar-refractivity contribution in [2.45, 2.75) is 25.3 Å². The minimum Gasteiger partial charge on any atom is -0.322 e. The van der Waals surface area contributed by atoms with E-state index < -0.39 is 11.6 Å². The van der Waals surface area contributed by atoms with Crippen LogP contribution >= 0.6 is 11.3 Å². The number of carbonyl (C=O) groups excluding carboxylic acids is 1. The summed E-state index contributed by atoms with van der Waals surface area (Å²) in [6.07, 6.45) is 3.04. The highest BCUT2D eigenvalue weighted by Gasteiger charge is 2.28. The van der Waals surface area contributed by atoms with Crippen LogP contribution in [-0.2, 0) is 4.79 Å².